The Morgan fingerprint density at radius 1 is 1.43 bits per heavy atom. The standard InChI is InChI=1S/C14H19FN2O4/c1-3-11(4-2)16(7-8-18)14(19)12-9-10(15)5-6-13(12)17(20)21/h5-6,9,11,18H,3-4,7-8H2,1-2H3. The van der Waals surface area contributed by atoms with Crippen molar-refractivity contribution in [2.24, 2.45) is 0 Å². The van der Waals surface area contributed by atoms with Crippen LogP contribution in [0, 0.1) is 15.9 Å². The lowest BCUT2D eigenvalue weighted by Gasteiger charge is -2.30. The molecule has 7 heteroatoms. The Balaban J connectivity index is 3.25. The number of benzene rings is 1. The van der Waals surface area contributed by atoms with Gasteiger partial charge in [-0.1, -0.05) is 13.8 Å². The molecule has 0 bridgehead atoms. The summed E-state index contributed by atoms with van der Waals surface area (Å²) in [6.45, 7) is 3.56. The zero-order chi connectivity index (χ0) is 16.0. The normalized spacial score (nSPS) is 10.7. The minimum Gasteiger partial charge on any atom is -0.395 e. The van der Waals surface area contributed by atoms with Crippen LogP contribution in [0.5, 0.6) is 0 Å². The van der Waals surface area contributed by atoms with Gasteiger partial charge in [0, 0.05) is 18.7 Å². The van der Waals surface area contributed by atoms with Crippen molar-refractivity contribution in [3.63, 3.8) is 0 Å². The molecule has 1 amide bonds. The first kappa shape index (κ1) is 17.0. The van der Waals surface area contributed by atoms with Crippen molar-refractivity contribution in [3.05, 3.63) is 39.7 Å². The zero-order valence-electron chi connectivity index (χ0n) is 12.1. The molecule has 116 valence electrons. The fourth-order valence-corrected chi connectivity index (χ4v) is 2.28. The van der Waals surface area contributed by atoms with Gasteiger partial charge >= 0.3 is 0 Å². The molecule has 0 spiro atoms. The van der Waals surface area contributed by atoms with Crippen molar-refractivity contribution in [3.8, 4) is 0 Å². The summed E-state index contributed by atoms with van der Waals surface area (Å²) in [6.07, 6.45) is 1.29. The van der Waals surface area contributed by atoms with Gasteiger partial charge in [0.2, 0.25) is 0 Å². The number of aliphatic hydroxyl groups is 1. The highest BCUT2D eigenvalue weighted by Crippen LogP contribution is 2.23. The molecule has 0 aliphatic rings. The number of nitrogens with zero attached hydrogens (tertiary/aromatic N) is 2. The SMILES string of the molecule is CCC(CC)N(CCO)C(=O)c1cc(F)ccc1[N+](=O)[O-]. The number of halogens is 1. The van der Waals surface area contributed by atoms with Crippen LogP contribution in [0.2, 0.25) is 0 Å². The van der Waals surface area contributed by atoms with Gasteiger partial charge < -0.3 is 10.0 Å². The molecule has 1 N–H and O–H groups in total. The number of amides is 1. The van der Waals surface area contributed by atoms with E-state index in [-0.39, 0.29) is 24.8 Å². The smallest absolute Gasteiger partial charge is 0.282 e. The van der Waals surface area contributed by atoms with Gasteiger partial charge in [0.1, 0.15) is 11.4 Å². The van der Waals surface area contributed by atoms with Crippen LogP contribution in [0.3, 0.4) is 0 Å². The molecule has 0 fully saturated rings. The molecule has 21 heavy (non-hydrogen) atoms. The minimum atomic E-state index is -0.712. The highest BCUT2D eigenvalue weighted by atomic mass is 19.1. The largest absolute Gasteiger partial charge is 0.395 e. The van der Waals surface area contributed by atoms with Crippen molar-refractivity contribution in [1.82, 2.24) is 4.90 Å². The third-order valence-electron chi connectivity index (χ3n) is 3.37. The van der Waals surface area contributed by atoms with Gasteiger partial charge in [0.05, 0.1) is 11.5 Å². The number of aliphatic hydroxyl groups excluding tert-OH is 1. The molecule has 0 aliphatic heterocycles. The second kappa shape index (κ2) is 7.68. The Morgan fingerprint density at radius 2 is 2.05 bits per heavy atom. The molecule has 0 aromatic heterocycles. The summed E-state index contributed by atoms with van der Waals surface area (Å²) in [5, 5.41) is 20.1. The molecule has 0 unspecified atom stereocenters. The average molecular weight is 298 g/mol. The van der Waals surface area contributed by atoms with Gasteiger partial charge in [0.15, 0.2) is 0 Å². The van der Waals surface area contributed by atoms with Crippen molar-refractivity contribution in [2.45, 2.75) is 32.7 Å². The fraction of sp³-hybridized carbons (Fsp3) is 0.500. The summed E-state index contributed by atoms with van der Waals surface area (Å²) < 4.78 is 13.3. The highest BCUT2D eigenvalue weighted by molar-refractivity contribution is 5.98. The molecule has 0 aliphatic carbocycles. The topological polar surface area (TPSA) is 83.7 Å². The van der Waals surface area contributed by atoms with Crippen molar-refractivity contribution in [2.75, 3.05) is 13.2 Å². The van der Waals surface area contributed by atoms with E-state index in [0.29, 0.717) is 12.8 Å². The van der Waals surface area contributed by atoms with Gasteiger partial charge in [-0.15, -0.1) is 0 Å². The summed E-state index contributed by atoms with van der Waals surface area (Å²) in [7, 11) is 0. The van der Waals surface area contributed by atoms with Gasteiger partial charge in [0.25, 0.3) is 11.6 Å². The maximum Gasteiger partial charge on any atom is 0.282 e. The van der Waals surface area contributed by atoms with Crippen LogP contribution < -0.4 is 0 Å². The van der Waals surface area contributed by atoms with Crippen LogP contribution in [-0.4, -0.2) is 40.0 Å². The molecular weight excluding hydrogens is 279 g/mol. The summed E-state index contributed by atoms with van der Waals surface area (Å²) in [6, 6.07) is 2.63. The Labute approximate surface area is 122 Å². The van der Waals surface area contributed by atoms with Gasteiger partial charge in [-0.2, -0.15) is 0 Å². The van der Waals surface area contributed by atoms with Crippen LogP contribution in [0.4, 0.5) is 10.1 Å². The van der Waals surface area contributed by atoms with E-state index in [2.05, 4.69) is 0 Å². The lowest BCUT2D eigenvalue weighted by Crippen LogP contribution is -2.41. The van der Waals surface area contributed by atoms with Crippen molar-refractivity contribution in [1.29, 1.82) is 0 Å². The Kier molecular flexibility index (Phi) is 6.23. The molecule has 1 rings (SSSR count). The van der Waals surface area contributed by atoms with E-state index < -0.39 is 22.3 Å². The monoisotopic (exact) mass is 298 g/mol. The summed E-state index contributed by atoms with van der Waals surface area (Å²) >= 11 is 0. The summed E-state index contributed by atoms with van der Waals surface area (Å²) in [5.41, 5.74) is -0.726. The molecule has 1 aromatic rings. The lowest BCUT2D eigenvalue weighted by atomic mass is 10.1. The predicted octanol–water partition coefficient (Wildman–Crippen LogP) is 2.36. The van der Waals surface area contributed by atoms with Crippen molar-refractivity contribution >= 4 is 11.6 Å². The van der Waals surface area contributed by atoms with Gasteiger partial charge in [-0.25, -0.2) is 4.39 Å². The molecule has 0 saturated heterocycles. The number of carbonyl (C=O) groups excluding carboxylic acids is 1. The second-order valence-electron chi connectivity index (χ2n) is 4.61. The van der Waals surface area contributed by atoms with Crippen LogP contribution >= 0.6 is 0 Å². The molecule has 6 nitrogen and oxygen atoms in total. The Bertz CT molecular complexity index is 518. The second-order valence-corrected chi connectivity index (χ2v) is 4.61. The number of rotatable bonds is 7. The summed E-state index contributed by atoms with van der Waals surface area (Å²) in [4.78, 5) is 24.2. The molecular formula is C14H19FN2O4. The number of hydrogen-bond donors (Lipinski definition) is 1. The lowest BCUT2D eigenvalue weighted by molar-refractivity contribution is -0.385. The maximum atomic E-state index is 13.3. The molecule has 1 aromatic carbocycles. The van der Waals surface area contributed by atoms with E-state index >= 15 is 0 Å². The van der Waals surface area contributed by atoms with Gasteiger partial charge in [-0.3, -0.25) is 14.9 Å². The maximum absolute atomic E-state index is 13.3. The first-order valence-electron chi connectivity index (χ1n) is 6.81. The first-order chi connectivity index (χ1) is 9.96. The molecule has 0 saturated carbocycles. The van der Waals surface area contributed by atoms with Crippen molar-refractivity contribution < 1.29 is 19.2 Å². The highest BCUT2D eigenvalue weighted by Gasteiger charge is 2.28. The van der Waals surface area contributed by atoms with E-state index in [1.807, 2.05) is 13.8 Å². The number of carbonyl (C=O) groups is 1. The van der Waals surface area contributed by atoms with Crippen LogP contribution in [-0.2, 0) is 0 Å². The van der Waals surface area contributed by atoms with Crippen LogP contribution in [0.1, 0.15) is 37.0 Å². The van der Waals surface area contributed by atoms with Gasteiger partial charge in [-0.05, 0) is 25.0 Å². The fourth-order valence-electron chi connectivity index (χ4n) is 2.28. The third-order valence-corrected chi connectivity index (χ3v) is 3.37. The molecule has 0 atom stereocenters. The Morgan fingerprint density at radius 3 is 2.52 bits per heavy atom. The quantitative estimate of drug-likeness (QED) is 0.618. The van der Waals surface area contributed by atoms with E-state index in [1.54, 1.807) is 0 Å². The number of nitro benzene ring substituents is 1. The Hall–Kier alpha value is -2.02. The zero-order valence-corrected chi connectivity index (χ0v) is 12.1. The molecule has 0 radical (unpaired) electrons. The number of hydrogen-bond acceptors (Lipinski definition) is 4. The predicted molar refractivity (Wildman–Crippen MR) is 75.5 cm³/mol. The summed E-state index contributed by atoms with van der Waals surface area (Å²) in [5.74, 6) is -1.35. The van der Waals surface area contributed by atoms with E-state index in [9.17, 15) is 19.3 Å². The molecule has 0 heterocycles. The van der Waals surface area contributed by atoms with Crippen LogP contribution in [0.15, 0.2) is 18.2 Å². The van der Waals surface area contributed by atoms with E-state index in [0.717, 1.165) is 18.2 Å². The third kappa shape index (κ3) is 3.98. The number of nitro groups is 1. The average Bonchev–Trinajstić information content (AvgIpc) is 2.46. The van der Waals surface area contributed by atoms with Crippen LogP contribution in [0.25, 0.3) is 0 Å². The minimum absolute atomic E-state index is 0.0544. The van der Waals surface area contributed by atoms with E-state index in [1.165, 1.54) is 4.90 Å². The van der Waals surface area contributed by atoms with E-state index in [4.69, 9.17) is 5.11 Å². The first-order valence-corrected chi connectivity index (χ1v) is 6.81.